The van der Waals surface area contributed by atoms with Gasteiger partial charge in [0.1, 0.15) is 0 Å². The Bertz CT molecular complexity index is 1020. The molecule has 0 saturated carbocycles. The van der Waals surface area contributed by atoms with Gasteiger partial charge in [-0.05, 0) is 48.6 Å². The van der Waals surface area contributed by atoms with Crippen LogP contribution in [0.3, 0.4) is 0 Å². The van der Waals surface area contributed by atoms with E-state index in [1.54, 1.807) is 0 Å². The summed E-state index contributed by atoms with van der Waals surface area (Å²) in [4.78, 5) is 4.69. The van der Waals surface area contributed by atoms with Crippen molar-refractivity contribution >= 4 is 41.1 Å². The zero-order chi connectivity index (χ0) is 19.7. The number of hydrogen-bond acceptors (Lipinski definition) is 4. The monoisotopic (exact) mass is 433 g/mol. The van der Waals surface area contributed by atoms with Gasteiger partial charge in [0.15, 0.2) is 10.6 Å². The Morgan fingerprint density at radius 2 is 1.64 bits per heavy atom. The molecule has 1 fully saturated rings. The lowest BCUT2D eigenvalue weighted by atomic mass is 10.2. The van der Waals surface area contributed by atoms with Gasteiger partial charge in [-0.25, -0.2) is 4.68 Å². The second-order valence-electron chi connectivity index (χ2n) is 6.87. The fourth-order valence-electron chi connectivity index (χ4n) is 3.46. The Labute approximate surface area is 179 Å². The van der Waals surface area contributed by atoms with Gasteiger partial charge in [0.2, 0.25) is 0 Å². The highest BCUT2D eigenvalue weighted by Crippen LogP contribution is 2.26. The van der Waals surface area contributed by atoms with Crippen LogP contribution in [0.15, 0.2) is 48.5 Å². The first-order chi connectivity index (χ1) is 13.5. The van der Waals surface area contributed by atoms with Crippen molar-refractivity contribution in [3.8, 4) is 11.4 Å². The molecular formula is C20H21Cl2N5S. The van der Waals surface area contributed by atoms with Crippen LogP contribution in [0.25, 0.3) is 11.4 Å². The van der Waals surface area contributed by atoms with Crippen molar-refractivity contribution in [1.29, 1.82) is 0 Å². The van der Waals surface area contributed by atoms with Crippen LogP contribution in [0, 0.1) is 4.77 Å². The van der Waals surface area contributed by atoms with Crippen molar-refractivity contribution in [3.05, 3.63) is 63.3 Å². The van der Waals surface area contributed by atoms with E-state index in [1.165, 1.54) is 0 Å². The van der Waals surface area contributed by atoms with Crippen LogP contribution in [0.5, 0.6) is 0 Å². The van der Waals surface area contributed by atoms with E-state index in [9.17, 15) is 0 Å². The third-order valence-corrected chi connectivity index (χ3v) is 6.10. The minimum atomic E-state index is 0.677. The Balaban J connectivity index is 1.46. The molecule has 1 aliphatic rings. The maximum atomic E-state index is 6.34. The SMILES string of the molecule is Cn1c(-c2ccc(Cl)cc2)nn(CN2CCN(c3ccccc3Cl)CC2)c1=S. The van der Waals surface area contributed by atoms with Crippen molar-refractivity contribution in [2.45, 2.75) is 6.67 Å². The molecule has 0 bridgehead atoms. The molecular weight excluding hydrogens is 413 g/mol. The quantitative estimate of drug-likeness (QED) is 0.557. The average molecular weight is 434 g/mol. The normalized spacial score (nSPS) is 15.2. The molecule has 0 radical (unpaired) electrons. The van der Waals surface area contributed by atoms with Crippen LogP contribution >= 0.6 is 35.4 Å². The highest BCUT2D eigenvalue weighted by atomic mass is 35.5. The Kier molecular flexibility index (Phi) is 5.73. The number of rotatable bonds is 4. The van der Waals surface area contributed by atoms with E-state index in [0.29, 0.717) is 16.5 Å². The summed E-state index contributed by atoms with van der Waals surface area (Å²) in [5.74, 6) is 0.844. The predicted molar refractivity (Wildman–Crippen MR) is 118 cm³/mol. The fourth-order valence-corrected chi connectivity index (χ4v) is 4.02. The second-order valence-corrected chi connectivity index (χ2v) is 8.08. The molecule has 0 amide bonds. The van der Waals surface area contributed by atoms with E-state index in [4.69, 9.17) is 40.5 Å². The Morgan fingerprint density at radius 1 is 0.964 bits per heavy atom. The van der Waals surface area contributed by atoms with Gasteiger partial charge in [-0.1, -0.05) is 35.3 Å². The smallest absolute Gasteiger partial charge is 0.199 e. The van der Waals surface area contributed by atoms with E-state index in [-0.39, 0.29) is 0 Å². The molecule has 0 unspecified atom stereocenters. The second kappa shape index (κ2) is 8.25. The standard InChI is InChI=1S/C20H21Cl2N5S/c1-24-19(15-6-8-16(21)9-7-15)23-27(20(24)28)14-25-10-12-26(13-11-25)18-5-3-2-4-17(18)22/h2-9H,10-14H2,1H3. The summed E-state index contributed by atoms with van der Waals surface area (Å²) in [6, 6.07) is 15.7. The van der Waals surface area contributed by atoms with Gasteiger partial charge in [0.25, 0.3) is 0 Å². The van der Waals surface area contributed by atoms with Crippen molar-refractivity contribution in [1.82, 2.24) is 19.2 Å². The Morgan fingerprint density at radius 3 is 2.32 bits per heavy atom. The zero-order valence-electron chi connectivity index (χ0n) is 15.6. The average Bonchev–Trinajstić information content (AvgIpc) is 2.98. The lowest BCUT2D eigenvalue weighted by Crippen LogP contribution is -2.47. The van der Waals surface area contributed by atoms with Crippen molar-refractivity contribution in [2.24, 2.45) is 7.05 Å². The molecule has 0 atom stereocenters. The molecule has 1 aliphatic heterocycles. The highest BCUT2D eigenvalue weighted by Gasteiger charge is 2.20. The third-order valence-electron chi connectivity index (χ3n) is 5.04. The first-order valence-corrected chi connectivity index (χ1v) is 10.3. The number of benzene rings is 2. The molecule has 0 aliphatic carbocycles. The summed E-state index contributed by atoms with van der Waals surface area (Å²) in [6.07, 6.45) is 0. The number of aromatic nitrogens is 3. The van der Waals surface area contributed by atoms with Crippen LogP contribution in [-0.2, 0) is 13.7 Å². The van der Waals surface area contributed by atoms with Crippen LogP contribution in [0.1, 0.15) is 0 Å². The van der Waals surface area contributed by atoms with Crippen molar-refractivity contribution < 1.29 is 0 Å². The van der Waals surface area contributed by atoms with Gasteiger partial charge in [-0.2, -0.15) is 5.10 Å². The van der Waals surface area contributed by atoms with Gasteiger partial charge in [-0.15, -0.1) is 0 Å². The zero-order valence-corrected chi connectivity index (χ0v) is 17.9. The minimum absolute atomic E-state index is 0.677. The van der Waals surface area contributed by atoms with E-state index < -0.39 is 0 Å². The van der Waals surface area contributed by atoms with Gasteiger partial charge in [0.05, 0.1) is 17.4 Å². The maximum absolute atomic E-state index is 6.34. The molecule has 2 aromatic carbocycles. The number of anilines is 1. The number of para-hydroxylation sites is 1. The first-order valence-electron chi connectivity index (χ1n) is 9.14. The largest absolute Gasteiger partial charge is 0.368 e. The molecule has 2 heterocycles. The molecule has 3 aromatic rings. The molecule has 8 heteroatoms. The summed E-state index contributed by atoms with van der Waals surface area (Å²) >= 11 is 17.9. The molecule has 5 nitrogen and oxygen atoms in total. The molecule has 4 rings (SSSR count). The van der Waals surface area contributed by atoms with Gasteiger partial charge < -0.3 is 9.47 Å². The summed E-state index contributed by atoms with van der Waals surface area (Å²) in [7, 11) is 1.95. The minimum Gasteiger partial charge on any atom is -0.368 e. The van der Waals surface area contributed by atoms with Crippen LogP contribution in [0.4, 0.5) is 5.69 Å². The predicted octanol–water partition coefficient (Wildman–Crippen LogP) is 4.70. The van der Waals surface area contributed by atoms with Crippen LogP contribution in [0.2, 0.25) is 10.0 Å². The fraction of sp³-hybridized carbons (Fsp3) is 0.300. The summed E-state index contributed by atoms with van der Waals surface area (Å²) in [5.41, 5.74) is 2.10. The maximum Gasteiger partial charge on any atom is 0.199 e. The van der Waals surface area contributed by atoms with E-state index in [1.807, 2.05) is 58.8 Å². The summed E-state index contributed by atoms with van der Waals surface area (Å²) in [6.45, 7) is 4.39. The van der Waals surface area contributed by atoms with Crippen LogP contribution in [-0.4, -0.2) is 45.4 Å². The number of nitrogens with zero attached hydrogens (tertiary/aromatic N) is 5. The van der Waals surface area contributed by atoms with Gasteiger partial charge in [0, 0.05) is 43.8 Å². The first kappa shape index (κ1) is 19.5. The molecule has 0 N–H and O–H groups in total. The summed E-state index contributed by atoms with van der Waals surface area (Å²) < 4.78 is 4.54. The van der Waals surface area contributed by atoms with Gasteiger partial charge in [-0.3, -0.25) is 4.90 Å². The molecule has 146 valence electrons. The van der Waals surface area contributed by atoms with Crippen molar-refractivity contribution in [2.75, 3.05) is 31.1 Å². The summed E-state index contributed by atoms with van der Waals surface area (Å²) in [5, 5.41) is 6.26. The topological polar surface area (TPSA) is 29.2 Å². The van der Waals surface area contributed by atoms with E-state index in [2.05, 4.69) is 15.9 Å². The molecule has 28 heavy (non-hydrogen) atoms. The van der Waals surface area contributed by atoms with Crippen molar-refractivity contribution in [3.63, 3.8) is 0 Å². The van der Waals surface area contributed by atoms with Crippen LogP contribution < -0.4 is 4.90 Å². The number of piperazine rings is 1. The highest BCUT2D eigenvalue weighted by molar-refractivity contribution is 7.71. The Hall–Kier alpha value is -1.86. The molecule has 0 spiro atoms. The lowest BCUT2D eigenvalue weighted by Gasteiger charge is -2.36. The number of hydrogen-bond donors (Lipinski definition) is 0. The molecule has 1 saturated heterocycles. The third kappa shape index (κ3) is 3.96. The van der Waals surface area contributed by atoms with Gasteiger partial charge >= 0.3 is 0 Å². The lowest BCUT2D eigenvalue weighted by molar-refractivity contribution is 0.194. The van der Waals surface area contributed by atoms with E-state index >= 15 is 0 Å². The van der Waals surface area contributed by atoms with E-state index in [0.717, 1.165) is 48.3 Å². The molecule has 1 aromatic heterocycles. The number of halogens is 2.